The molecule has 1 aromatic carbocycles. The Hall–Kier alpha value is -1.22. The van der Waals surface area contributed by atoms with Crippen molar-refractivity contribution in [2.45, 2.75) is 19.8 Å². The van der Waals surface area contributed by atoms with Crippen LogP contribution in [0.1, 0.15) is 19.8 Å². The topological polar surface area (TPSA) is 13.1 Å². The fraction of sp³-hybridized carbons (Fsp3) is 0.438. The van der Waals surface area contributed by atoms with Gasteiger partial charge in [-0.15, -0.1) is 0 Å². The highest BCUT2D eigenvalue weighted by Crippen LogP contribution is 2.21. The molecule has 1 aromatic heterocycles. The van der Waals surface area contributed by atoms with Crippen LogP contribution in [0.15, 0.2) is 36.5 Å². The number of hydrogen-bond donors (Lipinski definition) is 0. The Morgan fingerprint density at radius 3 is 2.84 bits per heavy atom. The lowest BCUT2D eigenvalue weighted by Gasteiger charge is -2.07. The zero-order valence-corrected chi connectivity index (χ0v) is 12.6. The highest BCUT2D eigenvalue weighted by atomic mass is 32.2. The number of benzene rings is 1. The summed E-state index contributed by atoms with van der Waals surface area (Å²) in [7, 11) is 2.06. The Balaban J connectivity index is 1.97. The van der Waals surface area contributed by atoms with E-state index in [4.69, 9.17) is 4.74 Å². The van der Waals surface area contributed by atoms with E-state index in [1.807, 2.05) is 11.8 Å². The van der Waals surface area contributed by atoms with Gasteiger partial charge in [-0.2, -0.15) is 16.3 Å². The van der Waals surface area contributed by atoms with Crippen LogP contribution < -0.4 is 9.30 Å². The molecule has 0 radical (unpaired) electrons. The molecule has 3 heteroatoms. The summed E-state index contributed by atoms with van der Waals surface area (Å²) in [5, 5.41) is 1.22. The zero-order chi connectivity index (χ0) is 13.5. The van der Waals surface area contributed by atoms with Gasteiger partial charge in [0.1, 0.15) is 7.05 Å². The molecule has 0 fully saturated rings. The first-order valence-electron chi connectivity index (χ1n) is 6.91. The van der Waals surface area contributed by atoms with Gasteiger partial charge in [0.25, 0.3) is 5.52 Å². The van der Waals surface area contributed by atoms with Crippen molar-refractivity contribution >= 4 is 22.7 Å². The van der Waals surface area contributed by atoms with Crippen molar-refractivity contribution in [3.05, 3.63) is 36.5 Å². The van der Waals surface area contributed by atoms with E-state index in [9.17, 15) is 0 Å². The minimum absolute atomic E-state index is 0.780. The SMILES string of the molecule is CCCCSCCOc1cccc2ccc[n+](C)c12. The molecule has 0 saturated carbocycles. The second kappa shape index (κ2) is 7.39. The lowest BCUT2D eigenvalue weighted by molar-refractivity contribution is -0.645. The smallest absolute Gasteiger partial charge is 0.254 e. The third-order valence-electron chi connectivity index (χ3n) is 3.10. The Bertz CT molecular complexity index is 522. The van der Waals surface area contributed by atoms with Crippen molar-refractivity contribution in [1.82, 2.24) is 0 Å². The second-order valence-corrected chi connectivity index (χ2v) is 5.85. The van der Waals surface area contributed by atoms with Gasteiger partial charge in [0, 0.05) is 11.8 Å². The van der Waals surface area contributed by atoms with Gasteiger partial charge >= 0.3 is 0 Å². The highest BCUT2D eigenvalue weighted by Gasteiger charge is 2.10. The third kappa shape index (κ3) is 3.87. The van der Waals surface area contributed by atoms with Crippen LogP contribution in [0.3, 0.4) is 0 Å². The fourth-order valence-electron chi connectivity index (χ4n) is 2.08. The summed E-state index contributed by atoms with van der Waals surface area (Å²) in [6.45, 7) is 3.01. The molecule has 0 aliphatic carbocycles. The molecule has 0 N–H and O–H groups in total. The highest BCUT2D eigenvalue weighted by molar-refractivity contribution is 7.99. The molecule has 0 spiro atoms. The van der Waals surface area contributed by atoms with Gasteiger partial charge < -0.3 is 4.74 Å². The summed E-state index contributed by atoms with van der Waals surface area (Å²) in [5.74, 6) is 3.28. The predicted molar refractivity (Wildman–Crippen MR) is 82.9 cm³/mol. The van der Waals surface area contributed by atoms with Gasteiger partial charge in [0.2, 0.25) is 0 Å². The summed E-state index contributed by atoms with van der Waals surface area (Å²) in [6.07, 6.45) is 4.63. The minimum atomic E-state index is 0.780. The van der Waals surface area contributed by atoms with Gasteiger partial charge in [-0.3, -0.25) is 0 Å². The summed E-state index contributed by atoms with van der Waals surface area (Å²) in [5.41, 5.74) is 1.17. The number of pyridine rings is 1. The standard InChI is InChI=1S/C16H22NOS/c1-3-4-12-19-13-11-18-15-9-5-7-14-8-6-10-17(2)16(14)15/h5-10H,3-4,11-13H2,1-2H3/q+1. The molecule has 102 valence electrons. The number of aromatic nitrogens is 1. The first kappa shape index (κ1) is 14.2. The van der Waals surface area contributed by atoms with Crippen molar-refractivity contribution in [2.24, 2.45) is 7.05 Å². The minimum Gasteiger partial charge on any atom is -0.486 e. The Morgan fingerprint density at radius 1 is 1.16 bits per heavy atom. The van der Waals surface area contributed by atoms with E-state index in [-0.39, 0.29) is 0 Å². The zero-order valence-electron chi connectivity index (χ0n) is 11.8. The number of para-hydroxylation sites is 1. The van der Waals surface area contributed by atoms with Crippen LogP contribution in [0, 0.1) is 0 Å². The van der Waals surface area contributed by atoms with Gasteiger partial charge in [-0.25, -0.2) is 0 Å². The van der Waals surface area contributed by atoms with Gasteiger partial charge in [-0.1, -0.05) is 19.4 Å². The number of rotatable bonds is 7. The average molecular weight is 276 g/mol. The number of ether oxygens (including phenoxy) is 1. The largest absolute Gasteiger partial charge is 0.486 e. The van der Waals surface area contributed by atoms with E-state index in [1.165, 1.54) is 29.5 Å². The monoisotopic (exact) mass is 276 g/mol. The number of thioether (sulfide) groups is 1. The maximum Gasteiger partial charge on any atom is 0.254 e. The van der Waals surface area contributed by atoms with E-state index >= 15 is 0 Å². The molecule has 1 heterocycles. The molecule has 0 amide bonds. The fourth-order valence-corrected chi connectivity index (χ4v) is 2.98. The molecule has 0 saturated heterocycles. The number of hydrogen-bond acceptors (Lipinski definition) is 2. The van der Waals surface area contributed by atoms with E-state index in [1.54, 1.807) is 0 Å². The van der Waals surface area contributed by atoms with Gasteiger partial charge in [-0.05, 0) is 30.4 Å². The van der Waals surface area contributed by atoms with Crippen molar-refractivity contribution in [3.63, 3.8) is 0 Å². The number of nitrogens with zero attached hydrogens (tertiary/aromatic N) is 1. The van der Waals surface area contributed by atoms with Crippen molar-refractivity contribution < 1.29 is 9.30 Å². The molecular weight excluding hydrogens is 254 g/mol. The maximum atomic E-state index is 5.94. The normalized spacial score (nSPS) is 10.8. The lowest BCUT2D eigenvalue weighted by atomic mass is 10.2. The molecule has 2 aromatic rings. The predicted octanol–water partition coefficient (Wildman–Crippen LogP) is 3.58. The molecule has 0 bridgehead atoms. The van der Waals surface area contributed by atoms with E-state index in [0.717, 1.165) is 18.1 Å². The van der Waals surface area contributed by atoms with E-state index in [2.05, 4.69) is 55.1 Å². The van der Waals surface area contributed by atoms with Crippen LogP contribution >= 0.6 is 11.8 Å². The van der Waals surface area contributed by atoms with E-state index in [0.29, 0.717) is 0 Å². The van der Waals surface area contributed by atoms with Crippen LogP contribution in [0.25, 0.3) is 10.9 Å². The molecule has 19 heavy (non-hydrogen) atoms. The van der Waals surface area contributed by atoms with Gasteiger partial charge in [0.05, 0.1) is 12.0 Å². The molecule has 0 atom stereocenters. The van der Waals surface area contributed by atoms with Crippen LogP contribution in [0.4, 0.5) is 0 Å². The maximum absolute atomic E-state index is 5.94. The summed E-state index contributed by atoms with van der Waals surface area (Å²) in [6, 6.07) is 10.4. The Morgan fingerprint density at radius 2 is 2.00 bits per heavy atom. The first-order chi connectivity index (χ1) is 9.33. The van der Waals surface area contributed by atoms with Crippen molar-refractivity contribution in [3.8, 4) is 5.75 Å². The van der Waals surface area contributed by atoms with Gasteiger partial charge in [0.15, 0.2) is 11.9 Å². The van der Waals surface area contributed by atoms with Crippen molar-refractivity contribution in [2.75, 3.05) is 18.1 Å². The van der Waals surface area contributed by atoms with Crippen LogP contribution in [-0.2, 0) is 7.05 Å². The summed E-state index contributed by atoms with van der Waals surface area (Å²) in [4.78, 5) is 0. The quantitative estimate of drug-likeness (QED) is 0.566. The Labute approximate surface area is 119 Å². The average Bonchev–Trinajstić information content (AvgIpc) is 2.43. The third-order valence-corrected chi connectivity index (χ3v) is 4.13. The number of unbranched alkanes of at least 4 members (excludes halogenated alkanes) is 1. The molecule has 2 rings (SSSR count). The molecule has 0 aliphatic heterocycles. The summed E-state index contributed by atoms with van der Waals surface area (Å²) < 4.78 is 8.06. The molecule has 0 unspecified atom stereocenters. The second-order valence-electron chi connectivity index (χ2n) is 4.63. The number of fused-ring (bicyclic) bond motifs is 1. The Kier molecular flexibility index (Phi) is 5.52. The summed E-state index contributed by atoms with van der Waals surface area (Å²) >= 11 is 1.97. The lowest BCUT2D eigenvalue weighted by Crippen LogP contribution is -2.28. The van der Waals surface area contributed by atoms with Crippen LogP contribution in [0.2, 0.25) is 0 Å². The van der Waals surface area contributed by atoms with E-state index < -0.39 is 0 Å². The number of aryl methyl sites for hydroxylation is 1. The van der Waals surface area contributed by atoms with Crippen LogP contribution in [-0.4, -0.2) is 18.1 Å². The molecule has 0 aliphatic rings. The first-order valence-corrected chi connectivity index (χ1v) is 8.06. The molecular formula is C16H22NOS+. The van der Waals surface area contributed by atoms with Crippen LogP contribution in [0.5, 0.6) is 5.75 Å². The molecule has 2 nitrogen and oxygen atoms in total. The van der Waals surface area contributed by atoms with Crippen molar-refractivity contribution in [1.29, 1.82) is 0 Å².